The average molecular weight is 421 g/mol. The summed E-state index contributed by atoms with van der Waals surface area (Å²) in [5.41, 5.74) is 1.98. The number of ether oxygens (including phenoxy) is 1. The van der Waals surface area contributed by atoms with E-state index in [2.05, 4.69) is 15.9 Å². The van der Waals surface area contributed by atoms with E-state index in [0.717, 1.165) is 21.4 Å². The van der Waals surface area contributed by atoms with Crippen molar-refractivity contribution >= 4 is 44.2 Å². The molecule has 6 nitrogen and oxygen atoms in total. The van der Waals surface area contributed by atoms with E-state index in [1.165, 1.54) is 7.05 Å². The van der Waals surface area contributed by atoms with Crippen molar-refractivity contribution in [3.63, 3.8) is 0 Å². The highest BCUT2D eigenvalue weighted by atomic mass is 79.9. The maximum absolute atomic E-state index is 12.6. The van der Waals surface area contributed by atoms with Gasteiger partial charge in [-0.05, 0) is 49.2 Å². The molecule has 0 saturated heterocycles. The van der Waals surface area contributed by atoms with Crippen LogP contribution < -0.4 is 0 Å². The van der Waals surface area contributed by atoms with Crippen LogP contribution in [0.2, 0.25) is 0 Å². The van der Waals surface area contributed by atoms with Gasteiger partial charge in [0.2, 0.25) is 6.41 Å². The lowest BCUT2D eigenvalue weighted by Gasteiger charge is -2.25. The van der Waals surface area contributed by atoms with Crippen molar-refractivity contribution in [3.05, 3.63) is 40.0 Å². The van der Waals surface area contributed by atoms with Crippen LogP contribution in [0, 0.1) is 6.92 Å². The van der Waals surface area contributed by atoms with Crippen molar-refractivity contribution in [3.8, 4) is 0 Å². The molecule has 1 atom stereocenters. The van der Waals surface area contributed by atoms with E-state index in [9.17, 15) is 14.7 Å². The second-order valence-electron chi connectivity index (χ2n) is 7.34. The average Bonchev–Trinajstić information content (AvgIpc) is 3.00. The van der Waals surface area contributed by atoms with E-state index in [0.29, 0.717) is 5.56 Å². The first kappa shape index (κ1) is 18.8. The second kappa shape index (κ2) is 6.33. The van der Waals surface area contributed by atoms with Crippen molar-refractivity contribution < 1.29 is 19.4 Å². The van der Waals surface area contributed by atoms with Crippen LogP contribution >= 0.6 is 15.9 Å². The molecular weight excluding hydrogens is 400 g/mol. The Kier molecular flexibility index (Phi) is 4.58. The molecule has 0 spiro atoms. The van der Waals surface area contributed by atoms with Gasteiger partial charge in [-0.1, -0.05) is 18.2 Å². The number of hydrogen-bond acceptors (Lipinski definition) is 4. The highest BCUT2D eigenvalue weighted by molar-refractivity contribution is 9.12. The number of aromatic nitrogens is 1. The molecule has 138 valence electrons. The van der Waals surface area contributed by atoms with Crippen LogP contribution in [0.5, 0.6) is 0 Å². The van der Waals surface area contributed by atoms with Gasteiger partial charge >= 0.3 is 0 Å². The van der Waals surface area contributed by atoms with E-state index < -0.39 is 12.0 Å². The van der Waals surface area contributed by atoms with Crippen LogP contribution in [0.4, 0.5) is 0 Å². The third-order valence-electron chi connectivity index (χ3n) is 4.25. The predicted molar refractivity (Wildman–Crippen MR) is 102 cm³/mol. The van der Waals surface area contributed by atoms with Gasteiger partial charge in [0.25, 0.3) is 11.8 Å². The summed E-state index contributed by atoms with van der Waals surface area (Å²) in [5.74, 6) is -0.765. The molecule has 1 aliphatic heterocycles. The number of aryl methyl sites for hydroxylation is 1. The SMILES string of the molecule is Cc1cccc2c(C3=C(Br)C(=O)N(C)C3=O)cn(C(O)OC(C)(C)C)c12. The zero-order chi connectivity index (χ0) is 19.4. The van der Waals surface area contributed by atoms with Gasteiger partial charge in [-0.3, -0.25) is 19.1 Å². The van der Waals surface area contributed by atoms with E-state index in [4.69, 9.17) is 4.74 Å². The molecule has 1 aromatic heterocycles. The fourth-order valence-electron chi connectivity index (χ4n) is 3.08. The first-order valence-corrected chi connectivity index (χ1v) is 9.01. The molecule has 1 N–H and O–H groups in total. The van der Waals surface area contributed by atoms with Gasteiger partial charge < -0.3 is 9.84 Å². The summed E-state index contributed by atoms with van der Waals surface area (Å²) < 4.78 is 7.50. The van der Waals surface area contributed by atoms with Crippen molar-refractivity contribution in [2.24, 2.45) is 0 Å². The number of fused-ring (bicyclic) bond motifs is 1. The molecule has 26 heavy (non-hydrogen) atoms. The first-order chi connectivity index (χ1) is 12.0. The summed E-state index contributed by atoms with van der Waals surface area (Å²) in [7, 11) is 1.45. The standard InChI is InChI=1S/C19H21BrN2O4/c1-10-7-6-8-11-12(13-14(20)17(24)21(5)16(13)23)9-22(15(10)11)18(25)26-19(2,3)4/h6-9,18,25H,1-5H3. The normalized spacial score (nSPS) is 17.0. The molecule has 0 aliphatic carbocycles. The van der Waals surface area contributed by atoms with Crippen molar-refractivity contribution in [2.75, 3.05) is 7.05 Å². The smallest absolute Gasteiger partial charge is 0.268 e. The van der Waals surface area contributed by atoms with E-state index in [-0.39, 0.29) is 21.9 Å². The van der Waals surface area contributed by atoms with Gasteiger partial charge in [-0.15, -0.1) is 0 Å². The molecule has 1 unspecified atom stereocenters. The third kappa shape index (κ3) is 3.00. The van der Waals surface area contributed by atoms with Crippen molar-refractivity contribution in [1.29, 1.82) is 0 Å². The minimum absolute atomic E-state index is 0.219. The lowest BCUT2D eigenvalue weighted by atomic mass is 10.0. The Morgan fingerprint density at radius 1 is 1.19 bits per heavy atom. The summed E-state index contributed by atoms with van der Waals surface area (Å²) in [6.45, 7) is 7.47. The number of carbonyl (C=O) groups excluding carboxylic acids is 2. The number of hydrogen-bond donors (Lipinski definition) is 1. The number of para-hydroxylation sites is 1. The number of likely N-dealkylation sites (N-methyl/N-ethyl adjacent to an activating group) is 1. The molecule has 2 amide bonds. The van der Waals surface area contributed by atoms with Gasteiger partial charge in [0.05, 0.1) is 21.2 Å². The van der Waals surface area contributed by atoms with E-state index in [1.807, 2.05) is 45.9 Å². The van der Waals surface area contributed by atoms with Crippen molar-refractivity contribution in [2.45, 2.75) is 39.7 Å². The molecule has 2 heterocycles. The summed E-state index contributed by atoms with van der Waals surface area (Å²) >= 11 is 3.25. The molecular formula is C19H21BrN2O4. The van der Waals surface area contributed by atoms with Gasteiger partial charge in [0, 0.05) is 24.2 Å². The Bertz CT molecular complexity index is 952. The zero-order valence-electron chi connectivity index (χ0n) is 15.3. The summed E-state index contributed by atoms with van der Waals surface area (Å²) in [5, 5.41) is 11.4. The first-order valence-electron chi connectivity index (χ1n) is 8.21. The minimum Gasteiger partial charge on any atom is -0.351 e. The highest BCUT2D eigenvalue weighted by Gasteiger charge is 2.37. The molecule has 0 saturated carbocycles. The number of amides is 2. The maximum atomic E-state index is 12.6. The summed E-state index contributed by atoms with van der Waals surface area (Å²) in [6, 6.07) is 5.66. The Labute approximate surface area is 160 Å². The number of benzene rings is 1. The molecule has 1 aromatic carbocycles. The predicted octanol–water partition coefficient (Wildman–Crippen LogP) is 3.32. The maximum Gasteiger partial charge on any atom is 0.268 e. The van der Waals surface area contributed by atoms with Gasteiger partial charge in [0.15, 0.2) is 0 Å². The fraction of sp³-hybridized carbons (Fsp3) is 0.368. The molecule has 0 fully saturated rings. The Hall–Kier alpha value is -1.96. The number of nitrogens with zero attached hydrogens (tertiary/aromatic N) is 2. The van der Waals surface area contributed by atoms with E-state index >= 15 is 0 Å². The van der Waals surface area contributed by atoms with Crippen LogP contribution in [0.25, 0.3) is 16.5 Å². The molecule has 7 heteroatoms. The number of aliphatic hydroxyl groups excluding tert-OH is 1. The zero-order valence-corrected chi connectivity index (χ0v) is 16.9. The number of halogens is 1. The number of aliphatic hydroxyl groups is 1. The second-order valence-corrected chi connectivity index (χ2v) is 8.13. The van der Waals surface area contributed by atoms with Crippen LogP contribution in [-0.4, -0.2) is 39.0 Å². The van der Waals surface area contributed by atoms with Gasteiger partial charge in [-0.2, -0.15) is 0 Å². The topological polar surface area (TPSA) is 71.8 Å². The minimum atomic E-state index is -1.23. The molecule has 3 rings (SSSR count). The number of imide groups is 1. The molecule has 0 bridgehead atoms. The Balaban J connectivity index is 2.25. The van der Waals surface area contributed by atoms with E-state index in [1.54, 1.807) is 10.8 Å². The van der Waals surface area contributed by atoms with Crippen molar-refractivity contribution in [1.82, 2.24) is 9.47 Å². The fourth-order valence-corrected chi connectivity index (χ4v) is 3.73. The van der Waals surface area contributed by atoms with Crippen LogP contribution in [-0.2, 0) is 14.3 Å². The summed E-state index contributed by atoms with van der Waals surface area (Å²) in [4.78, 5) is 25.8. The van der Waals surface area contributed by atoms with Gasteiger partial charge in [0.1, 0.15) is 0 Å². The van der Waals surface area contributed by atoms with Crippen LogP contribution in [0.15, 0.2) is 28.9 Å². The monoisotopic (exact) mass is 420 g/mol. The Morgan fingerprint density at radius 3 is 2.38 bits per heavy atom. The number of rotatable bonds is 3. The van der Waals surface area contributed by atoms with Crippen LogP contribution in [0.1, 0.15) is 38.3 Å². The molecule has 2 aromatic rings. The van der Waals surface area contributed by atoms with Crippen LogP contribution in [0.3, 0.4) is 0 Å². The lowest BCUT2D eigenvalue weighted by Crippen LogP contribution is -2.26. The highest BCUT2D eigenvalue weighted by Crippen LogP contribution is 2.38. The Morgan fingerprint density at radius 2 is 1.85 bits per heavy atom. The lowest BCUT2D eigenvalue weighted by molar-refractivity contribution is -0.207. The third-order valence-corrected chi connectivity index (χ3v) is 4.99. The summed E-state index contributed by atoms with van der Waals surface area (Å²) in [6.07, 6.45) is 0.436. The largest absolute Gasteiger partial charge is 0.351 e. The van der Waals surface area contributed by atoms with Gasteiger partial charge in [-0.25, -0.2) is 0 Å². The number of carbonyl (C=O) groups is 2. The quantitative estimate of drug-likeness (QED) is 0.610. The molecule has 1 aliphatic rings. The molecule has 0 radical (unpaired) electrons.